The van der Waals surface area contributed by atoms with Gasteiger partial charge >= 0.3 is 0 Å². The van der Waals surface area contributed by atoms with Gasteiger partial charge in [-0.1, -0.05) is 11.6 Å². The molecule has 1 fully saturated rings. The molecule has 4 nitrogen and oxygen atoms in total. The molecule has 0 aromatic heterocycles. The molecule has 2 rings (SSSR count). The fraction of sp³-hybridized carbons (Fsp3) is 0.462. The predicted molar refractivity (Wildman–Crippen MR) is 76.9 cm³/mol. The predicted octanol–water partition coefficient (Wildman–Crippen LogP) is 2.17. The molecule has 0 N–H and O–H groups in total. The fourth-order valence-electron chi connectivity index (χ4n) is 2.16. The Kier molecular flexibility index (Phi) is 4.16. The molecule has 1 heterocycles. The van der Waals surface area contributed by atoms with Crippen LogP contribution < -0.4 is 4.90 Å². The Labute approximate surface area is 118 Å². The van der Waals surface area contributed by atoms with Crippen molar-refractivity contribution in [3.8, 4) is 0 Å². The number of halogens is 1. The molecule has 0 atom stereocenters. The van der Waals surface area contributed by atoms with E-state index in [1.165, 1.54) is 6.92 Å². The van der Waals surface area contributed by atoms with Gasteiger partial charge < -0.3 is 4.90 Å². The van der Waals surface area contributed by atoms with Gasteiger partial charge in [-0.15, -0.1) is 0 Å². The van der Waals surface area contributed by atoms with Gasteiger partial charge in [-0.3, -0.25) is 4.79 Å². The third-order valence-corrected chi connectivity index (χ3v) is 5.27. The molecule has 0 bridgehead atoms. The van der Waals surface area contributed by atoms with Crippen molar-refractivity contribution < 1.29 is 13.2 Å². The van der Waals surface area contributed by atoms with Crippen molar-refractivity contribution in [2.75, 3.05) is 29.5 Å². The molecule has 1 aromatic rings. The molecule has 0 amide bonds. The number of carbonyl (C=O) groups is 1. The van der Waals surface area contributed by atoms with Crippen molar-refractivity contribution >= 4 is 32.9 Å². The zero-order valence-corrected chi connectivity index (χ0v) is 12.3. The fourth-order valence-corrected chi connectivity index (χ4v) is 3.73. The van der Waals surface area contributed by atoms with Gasteiger partial charge in [0.15, 0.2) is 15.6 Å². The van der Waals surface area contributed by atoms with Crippen molar-refractivity contribution in [3.63, 3.8) is 0 Å². The molecule has 1 saturated heterocycles. The molecule has 0 radical (unpaired) electrons. The number of rotatable bonds is 2. The van der Waals surface area contributed by atoms with Crippen molar-refractivity contribution in [3.05, 3.63) is 28.8 Å². The van der Waals surface area contributed by atoms with Crippen LogP contribution in [0.1, 0.15) is 23.7 Å². The summed E-state index contributed by atoms with van der Waals surface area (Å²) in [4.78, 5) is 13.2. The SMILES string of the molecule is CC(=O)c1ccc(N2CCCS(=O)(=O)CC2)c(Cl)c1. The smallest absolute Gasteiger partial charge is 0.159 e. The molecule has 1 aromatic carbocycles. The average molecular weight is 302 g/mol. The second-order valence-electron chi connectivity index (χ2n) is 4.71. The van der Waals surface area contributed by atoms with Crippen LogP contribution in [0.25, 0.3) is 0 Å². The van der Waals surface area contributed by atoms with Crippen LogP contribution >= 0.6 is 11.6 Å². The van der Waals surface area contributed by atoms with Crippen LogP contribution in [0.2, 0.25) is 5.02 Å². The van der Waals surface area contributed by atoms with Crippen LogP contribution in [-0.2, 0) is 9.84 Å². The Morgan fingerprint density at radius 1 is 1.26 bits per heavy atom. The van der Waals surface area contributed by atoms with Crippen LogP contribution in [0, 0.1) is 0 Å². The molecule has 104 valence electrons. The lowest BCUT2D eigenvalue weighted by atomic mass is 10.1. The zero-order valence-electron chi connectivity index (χ0n) is 10.7. The topological polar surface area (TPSA) is 54.5 Å². The minimum atomic E-state index is -2.93. The summed E-state index contributed by atoms with van der Waals surface area (Å²) >= 11 is 6.19. The number of ketones is 1. The van der Waals surface area contributed by atoms with Crippen molar-refractivity contribution in [1.82, 2.24) is 0 Å². The molecule has 1 aliphatic heterocycles. The van der Waals surface area contributed by atoms with Gasteiger partial charge in [0.1, 0.15) is 0 Å². The van der Waals surface area contributed by atoms with Crippen molar-refractivity contribution in [2.45, 2.75) is 13.3 Å². The van der Waals surface area contributed by atoms with Crippen molar-refractivity contribution in [2.24, 2.45) is 0 Å². The van der Waals surface area contributed by atoms with E-state index in [2.05, 4.69) is 0 Å². The molecule has 1 aliphatic rings. The quantitative estimate of drug-likeness (QED) is 0.786. The molecule has 0 saturated carbocycles. The first-order valence-corrected chi connectivity index (χ1v) is 8.35. The molecule has 6 heteroatoms. The maximum atomic E-state index is 11.6. The molecular formula is C13H16ClNO3S. The Morgan fingerprint density at radius 3 is 2.63 bits per heavy atom. The second-order valence-corrected chi connectivity index (χ2v) is 7.43. The van der Waals surface area contributed by atoms with Gasteiger partial charge in [-0.2, -0.15) is 0 Å². The highest BCUT2D eigenvalue weighted by molar-refractivity contribution is 7.91. The highest BCUT2D eigenvalue weighted by Gasteiger charge is 2.20. The standard InChI is InChI=1S/C13H16ClNO3S/c1-10(16)11-3-4-13(12(14)9-11)15-5-2-7-19(17,18)8-6-15/h3-4,9H,2,5-8H2,1H3. The minimum absolute atomic E-state index is 0.0353. The van der Waals surface area contributed by atoms with Gasteiger partial charge in [0.2, 0.25) is 0 Å². The zero-order chi connectivity index (χ0) is 14.0. The van der Waals surface area contributed by atoms with Gasteiger partial charge in [-0.05, 0) is 31.5 Å². The largest absolute Gasteiger partial charge is 0.369 e. The van der Waals surface area contributed by atoms with E-state index < -0.39 is 9.84 Å². The lowest BCUT2D eigenvalue weighted by Crippen LogP contribution is -2.27. The third kappa shape index (κ3) is 3.48. The van der Waals surface area contributed by atoms with E-state index in [1.54, 1.807) is 18.2 Å². The van der Waals surface area contributed by atoms with E-state index in [9.17, 15) is 13.2 Å². The van der Waals surface area contributed by atoms with E-state index in [4.69, 9.17) is 11.6 Å². The first kappa shape index (κ1) is 14.3. The minimum Gasteiger partial charge on any atom is -0.369 e. The number of anilines is 1. The Morgan fingerprint density at radius 2 is 2.00 bits per heavy atom. The van der Waals surface area contributed by atoms with E-state index in [-0.39, 0.29) is 17.3 Å². The van der Waals surface area contributed by atoms with Gasteiger partial charge in [-0.25, -0.2) is 8.42 Å². The summed E-state index contributed by atoms with van der Waals surface area (Å²) in [5, 5.41) is 0.493. The Balaban J connectivity index is 2.25. The average Bonchev–Trinajstić information content (AvgIpc) is 2.50. The number of benzene rings is 1. The summed E-state index contributed by atoms with van der Waals surface area (Å²) in [5.41, 5.74) is 1.36. The number of nitrogens with zero attached hydrogens (tertiary/aromatic N) is 1. The molecule has 19 heavy (non-hydrogen) atoms. The summed E-state index contributed by atoms with van der Waals surface area (Å²) in [5.74, 6) is 0.344. The van der Waals surface area contributed by atoms with Crippen LogP contribution in [0.5, 0.6) is 0 Å². The summed E-state index contributed by atoms with van der Waals surface area (Å²) in [6, 6.07) is 5.15. The Hall–Kier alpha value is -1.07. The van der Waals surface area contributed by atoms with Crippen molar-refractivity contribution in [1.29, 1.82) is 0 Å². The summed E-state index contributed by atoms with van der Waals surface area (Å²) in [7, 11) is -2.93. The maximum absolute atomic E-state index is 11.6. The highest BCUT2D eigenvalue weighted by atomic mass is 35.5. The monoisotopic (exact) mass is 301 g/mol. The summed E-state index contributed by atoms with van der Waals surface area (Å²) in [6.07, 6.45) is 0.604. The van der Waals surface area contributed by atoms with Crippen LogP contribution in [0.15, 0.2) is 18.2 Å². The Bertz CT molecular complexity index is 598. The molecule has 0 spiro atoms. The first-order chi connectivity index (χ1) is 8.89. The molecule has 0 unspecified atom stereocenters. The van der Waals surface area contributed by atoms with Crippen LogP contribution in [0.4, 0.5) is 5.69 Å². The first-order valence-electron chi connectivity index (χ1n) is 6.15. The number of Topliss-reactive ketones (excluding diaryl/α,β-unsaturated/α-hetero) is 1. The van der Waals surface area contributed by atoms with Crippen LogP contribution in [0.3, 0.4) is 0 Å². The van der Waals surface area contributed by atoms with Crippen LogP contribution in [-0.4, -0.2) is 38.8 Å². The van der Waals surface area contributed by atoms with Gasteiger partial charge in [0, 0.05) is 18.7 Å². The number of carbonyl (C=O) groups excluding carboxylic acids is 1. The summed E-state index contributed by atoms with van der Waals surface area (Å²) < 4.78 is 23.1. The number of hydrogen-bond donors (Lipinski definition) is 0. The number of sulfone groups is 1. The van der Waals surface area contributed by atoms with E-state index >= 15 is 0 Å². The lowest BCUT2D eigenvalue weighted by Gasteiger charge is -2.23. The number of hydrogen-bond acceptors (Lipinski definition) is 4. The normalized spacial score (nSPS) is 18.9. The van der Waals surface area contributed by atoms with E-state index in [0.29, 0.717) is 30.1 Å². The highest BCUT2D eigenvalue weighted by Crippen LogP contribution is 2.28. The van der Waals surface area contributed by atoms with Gasteiger partial charge in [0.05, 0.1) is 22.2 Å². The lowest BCUT2D eigenvalue weighted by molar-refractivity contribution is 0.101. The van der Waals surface area contributed by atoms with E-state index in [1.807, 2.05) is 4.90 Å². The molecule has 0 aliphatic carbocycles. The van der Waals surface area contributed by atoms with E-state index in [0.717, 1.165) is 5.69 Å². The van der Waals surface area contributed by atoms with Gasteiger partial charge in [0.25, 0.3) is 0 Å². The second kappa shape index (κ2) is 5.51. The summed E-state index contributed by atoms with van der Waals surface area (Å²) in [6.45, 7) is 2.60. The maximum Gasteiger partial charge on any atom is 0.159 e. The third-order valence-electron chi connectivity index (χ3n) is 3.25. The molecular weight excluding hydrogens is 286 g/mol.